The van der Waals surface area contributed by atoms with Gasteiger partial charge in [0.05, 0.1) is 5.02 Å². The Hall–Kier alpha value is -2.60. The zero-order valence-electron chi connectivity index (χ0n) is 13.1. The third-order valence-corrected chi connectivity index (χ3v) is 3.48. The predicted molar refractivity (Wildman–Crippen MR) is 89.2 cm³/mol. The fraction of sp³-hybridized carbons (Fsp3) is 0.235. The molecule has 0 saturated carbocycles. The van der Waals surface area contributed by atoms with E-state index in [1.165, 1.54) is 19.2 Å². The molecule has 0 aliphatic carbocycles. The first-order chi connectivity index (χ1) is 11.5. The number of hydrogen-bond acceptors (Lipinski definition) is 4. The van der Waals surface area contributed by atoms with Crippen molar-refractivity contribution in [3.8, 4) is 0 Å². The number of aromatic nitrogens is 1. The summed E-state index contributed by atoms with van der Waals surface area (Å²) in [5, 5.41) is 3.10. The molecule has 0 spiro atoms. The number of ether oxygens (including phenoxy) is 1. The highest BCUT2D eigenvalue weighted by Crippen LogP contribution is 2.11. The highest BCUT2D eigenvalue weighted by Gasteiger charge is 2.13. The minimum Gasteiger partial charge on any atom is -0.453 e. The van der Waals surface area contributed by atoms with E-state index >= 15 is 0 Å². The molecule has 0 aliphatic heterocycles. The van der Waals surface area contributed by atoms with Crippen molar-refractivity contribution in [2.75, 3.05) is 13.2 Å². The number of nitrogens with one attached hydrogen (secondary N) is 2. The molecule has 0 aliphatic rings. The minimum absolute atomic E-state index is 0.0769. The van der Waals surface area contributed by atoms with Crippen LogP contribution in [0.4, 0.5) is 0 Å². The van der Waals surface area contributed by atoms with E-state index in [9.17, 15) is 14.4 Å². The molecule has 126 valence electrons. The van der Waals surface area contributed by atoms with Gasteiger partial charge in [0.15, 0.2) is 12.4 Å². The molecule has 0 bridgehead atoms. The predicted octanol–water partition coefficient (Wildman–Crippen LogP) is 2.39. The van der Waals surface area contributed by atoms with Crippen LogP contribution in [0.15, 0.2) is 36.5 Å². The molecule has 0 fully saturated rings. The maximum atomic E-state index is 12.0. The molecule has 7 heteroatoms. The highest BCUT2D eigenvalue weighted by atomic mass is 35.5. The Kier molecular flexibility index (Phi) is 6.14. The Morgan fingerprint density at radius 1 is 1.21 bits per heavy atom. The molecule has 2 rings (SSSR count). The van der Waals surface area contributed by atoms with E-state index in [0.717, 1.165) is 5.56 Å². The number of benzene rings is 1. The number of hydrogen-bond donors (Lipinski definition) is 2. The number of carbonyl (C=O) groups excluding carboxylic acids is 3. The summed E-state index contributed by atoms with van der Waals surface area (Å²) in [6, 6.07) is 8.39. The van der Waals surface area contributed by atoms with Gasteiger partial charge in [-0.25, -0.2) is 4.79 Å². The van der Waals surface area contributed by atoms with E-state index in [1.807, 2.05) is 12.1 Å². The van der Waals surface area contributed by atoms with Crippen molar-refractivity contribution in [3.63, 3.8) is 0 Å². The van der Waals surface area contributed by atoms with Gasteiger partial charge in [-0.05, 0) is 18.1 Å². The number of H-pyrrole nitrogens is 1. The van der Waals surface area contributed by atoms with E-state index in [4.69, 9.17) is 16.3 Å². The number of carbonyl (C=O) groups is 3. The first-order valence-electron chi connectivity index (χ1n) is 7.33. The quantitative estimate of drug-likeness (QED) is 0.594. The van der Waals surface area contributed by atoms with Crippen LogP contribution in [0.25, 0.3) is 0 Å². The lowest BCUT2D eigenvalue weighted by molar-refractivity contribution is -0.118. The second kappa shape index (κ2) is 8.31. The number of Topliss-reactive ketones (excluding diaryl/α,β-unsaturated/α-hetero) is 1. The Bertz CT molecular complexity index is 737. The lowest BCUT2D eigenvalue weighted by atomic mass is 10.1. The van der Waals surface area contributed by atoms with Crippen molar-refractivity contribution in [2.24, 2.45) is 0 Å². The molecule has 2 N–H and O–H groups in total. The third kappa shape index (κ3) is 5.24. The highest BCUT2D eigenvalue weighted by molar-refractivity contribution is 6.30. The van der Waals surface area contributed by atoms with Crippen molar-refractivity contribution >= 4 is 29.3 Å². The number of amides is 1. The first-order valence-corrected chi connectivity index (χ1v) is 7.71. The Balaban J connectivity index is 1.83. The van der Waals surface area contributed by atoms with Crippen molar-refractivity contribution < 1.29 is 19.1 Å². The maximum absolute atomic E-state index is 12.0. The van der Waals surface area contributed by atoms with Gasteiger partial charge < -0.3 is 15.0 Å². The van der Waals surface area contributed by atoms with Crippen LogP contribution in [0.2, 0.25) is 5.02 Å². The summed E-state index contributed by atoms with van der Waals surface area (Å²) < 4.78 is 4.95. The fourth-order valence-corrected chi connectivity index (χ4v) is 2.18. The van der Waals surface area contributed by atoms with Gasteiger partial charge in [0.25, 0.3) is 0 Å². The van der Waals surface area contributed by atoms with Gasteiger partial charge in [-0.3, -0.25) is 9.59 Å². The molecule has 1 aromatic carbocycles. The number of aromatic amines is 1. The standard InChI is InChI=1S/C17H17ClN2O4/c1-11(21)19-7-6-12-2-4-13(5-3-12)16(22)10-24-17(23)15-8-14(18)9-20-15/h2-5,8-9,20H,6-7,10H2,1H3,(H,19,21). The molecule has 0 atom stereocenters. The van der Waals surface area contributed by atoms with E-state index in [2.05, 4.69) is 10.3 Å². The van der Waals surface area contributed by atoms with Gasteiger partial charge in [-0.15, -0.1) is 0 Å². The van der Waals surface area contributed by atoms with Crippen molar-refractivity contribution in [3.05, 3.63) is 58.4 Å². The fourth-order valence-electron chi connectivity index (χ4n) is 2.02. The van der Waals surface area contributed by atoms with Gasteiger partial charge >= 0.3 is 5.97 Å². The molecule has 0 saturated heterocycles. The second-order valence-corrected chi connectivity index (χ2v) is 5.60. The number of ketones is 1. The minimum atomic E-state index is -0.637. The van der Waals surface area contributed by atoms with Crippen molar-refractivity contribution in [1.29, 1.82) is 0 Å². The van der Waals surface area contributed by atoms with Gasteiger partial charge in [0, 0.05) is 25.2 Å². The molecule has 1 amide bonds. The molecule has 0 unspecified atom stereocenters. The zero-order chi connectivity index (χ0) is 17.5. The summed E-state index contributed by atoms with van der Waals surface area (Å²) >= 11 is 5.70. The van der Waals surface area contributed by atoms with Crippen molar-refractivity contribution in [1.82, 2.24) is 10.3 Å². The Labute approximate surface area is 144 Å². The van der Waals surface area contributed by atoms with Crippen LogP contribution in [-0.2, 0) is 16.0 Å². The van der Waals surface area contributed by atoms with Gasteiger partial charge in [0.2, 0.25) is 5.91 Å². The number of halogens is 1. The summed E-state index contributed by atoms with van der Waals surface area (Å²) in [6.07, 6.45) is 2.14. The molecule has 1 heterocycles. The van der Waals surface area contributed by atoms with E-state index in [0.29, 0.717) is 23.6 Å². The molecule has 1 aromatic heterocycles. The molecular formula is C17H17ClN2O4. The summed E-state index contributed by atoms with van der Waals surface area (Å²) in [5.41, 5.74) is 1.65. The molecular weight excluding hydrogens is 332 g/mol. The molecule has 0 radical (unpaired) electrons. The summed E-state index contributed by atoms with van der Waals surface area (Å²) in [7, 11) is 0. The largest absolute Gasteiger partial charge is 0.453 e. The van der Waals surface area contributed by atoms with Crippen LogP contribution in [-0.4, -0.2) is 35.8 Å². The van der Waals surface area contributed by atoms with Gasteiger partial charge in [-0.1, -0.05) is 35.9 Å². The van der Waals surface area contributed by atoms with E-state index in [1.54, 1.807) is 12.1 Å². The Morgan fingerprint density at radius 2 is 1.92 bits per heavy atom. The second-order valence-electron chi connectivity index (χ2n) is 5.16. The van der Waals surface area contributed by atoms with E-state index < -0.39 is 5.97 Å². The van der Waals surface area contributed by atoms with Crippen LogP contribution in [0.3, 0.4) is 0 Å². The zero-order valence-corrected chi connectivity index (χ0v) is 13.9. The number of rotatable bonds is 7. The summed E-state index contributed by atoms with van der Waals surface area (Å²) in [4.78, 5) is 37.2. The van der Waals surface area contributed by atoms with Gasteiger partial charge in [0.1, 0.15) is 5.69 Å². The van der Waals surface area contributed by atoms with Crippen molar-refractivity contribution in [2.45, 2.75) is 13.3 Å². The topological polar surface area (TPSA) is 88.3 Å². The smallest absolute Gasteiger partial charge is 0.355 e. The molecule has 24 heavy (non-hydrogen) atoms. The first kappa shape index (κ1) is 17.7. The molecule has 2 aromatic rings. The van der Waals surface area contributed by atoms with Crippen LogP contribution in [0.5, 0.6) is 0 Å². The SMILES string of the molecule is CC(=O)NCCc1ccc(C(=O)COC(=O)c2cc(Cl)c[nH]2)cc1. The lowest BCUT2D eigenvalue weighted by Gasteiger charge is -2.05. The summed E-state index contributed by atoms with van der Waals surface area (Å²) in [5.74, 6) is -1.01. The van der Waals surface area contributed by atoms with Crippen LogP contribution in [0.1, 0.15) is 33.3 Å². The monoisotopic (exact) mass is 348 g/mol. The maximum Gasteiger partial charge on any atom is 0.355 e. The summed E-state index contributed by atoms with van der Waals surface area (Å²) in [6.45, 7) is 1.66. The third-order valence-electron chi connectivity index (χ3n) is 3.27. The van der Waals surface area contributed by atoms with Crippen LogP contribution in [0, 0.1) is 0 Å². The average Bonchev–Trinajstić information content (AvgIpc) is 2.99. The van der Waals surface area contributed by atoms with Crippen LogP contribution >= 0.6 is 11.6 Å². The Morgan fingerprint density at radius 3 is 2.50 bits per heavy atom. The average molecular weight is 349 g/mol. The van der Waals surface area contributed by atoms with Gasteiger partial charge in [-0.2, -0.15) is 0 Å². The lowest BCUT2D eigenvalue weighted by Crippen LogP contribution is -2.22. The number of esters is 1. The van der Waals surface area contributed by atoms with E-state index in [-0.39, 0.29) is 24.0 Å². The normalized spacial score (nSPS) is 10.2. The molecule has 6 nitrogen and oxygen atoms in total. The van der Waals surface area contributed by atoms with Crippen LogP contribution < -0.4 is 5.32 Å².